The molecule has 4 nitrogen and oxygen atoms in total. The Kier molecular flexibility index (Phi) is 6.89. The molecule has 0 amide bonds. The molecule has 0 radical (unpaired) electrons. The third kappa shape index (κ3) is 5.69. The smallest absolute Gasteiger partial charge is 0.161 e. The van der Waals surface area contributed by atoms with Crippen LogP contribution in [0.2, 0.25) is 5.02 Å². The summed E-state index contributed by atoms with van der Waals surface area (Å²) in [6.07, 6.45) is 4.36. The minimum atomic E-state index is -0.180. The molecule has 0 aromatic heterocycles. The number of allylic oxidation sites excluding steroid dienone is 3. The summed E-state index contributed by atoms with van der Waals surface area (Å²) >= 11 is 11.7. The van der Waals surface area contributed by atoms with E-state index in [0.29, 0.717) is 27.5 Å². The maximum absolute atomic E-state index is 11.6. The summed E-state index contributed by atoms with van der Waals surface area (Å²) in [5.74, 6) is -0.109. The van der Waals surface area contributed by atoms with Gasteiger partial charge in [0.1, 0.15) is 5.75 Å². The molecule has 0 spiro atoms. The van der Waals surface area contributed by atoms with Crippen molar-refractivity contribution >= 4 is 52.8 Å². The number of Topliss-reactive ketones (excluding diaryl/α,β-unsaturated/α-hetero) is 1. The zero-order chi connectivity index (χ0) is 19.1. The minimum absolute atomic E-state index is 0.0709. The van der Waals surface area contributed by atoms with E-state index < -0.39 is 0 Å². The third-order valence-electron chi connectivity index (χ3n) is 3.28. The Balaban J connectivity index is 2.34. The van der Waals surface area contributed by atoms with Crippen LogP contribution < -0.4 is 0 Å². The van der Waals surface area contributed by atoms with Gasteiger partial charge in [-0.2, -0.15) is 0 Å². The summed E-state index contributed by atoms with van der Waals surface area (Å²) in [6, 6.07) is 11.8. The highest BCUT2D eigenvalue weighted by Gasteiger charge is 2.04. The molecule has 0 aliphatic heterocycles. The number of hydrogen-bond donors (Lipinski definition) is 1. The highest BCUT2D eigenvalue weighted by molar-refractivity contribution is 6.32. The fourth-order valence-corrected chi connectivity index (χ4v) is 2.29. The van der Waals surface area contributed by atoms with Gasteiger partial charge in [-0.05, 0) is 43.3 Å². The van der Waals surface area contributed by atoms with Crippen molar-refractivity contribution in [3.63, 3.8) is 0 Å². The molecular formula is C20H16Cl2N2O2. The minimum Gasteiger partial charge on any atom is -0.507 e. The van der Waals surface area contributed by atoms with Gasteiger partial charge in [0.2, 0.25) is 0 Å². The van der Waals surface area contributed by atoms with E-state index in [4.69, 9.17) is 23.2 Å². The first kappa shape index (κ1) is 19.6. The molecule has 2 aromatic rings. The molecule has 0 saturated heterocycles. The van der Waals surface area contributed by atoms with E-state index >= 15 is 0 Å². The van der Waals surface area contributed by atoms with Crippen LogP contribution in [0.15, 0.2) is 75.7 Å². The molecule has 0 atom stereocenters. The van der Waals surface area contributed by atoms with Gasteiger partial charge in [-0.1, -0.05) is 41.9 Å². The maximum atomic E-state index is 11.6. The number of aromatic hydroxyl groups is 1. The Morgan fingerprint density at radius 2 is 1.81 bits per heavy atom. The van der Waals surface area contributed by atoms with Crippen molar-refractivity contribution < 1.29 is 9.90 Å². The highest BCUT2D eigenvalue weighted by atomic mass is 35.5. The number of benzene rings is 2. The van der Waals surface area contributed by atoms with Crippen LogP contribution in [-0.2, 0) is 4.79 Å². The Labute approximate surface area is 161 Å². The van der Waals surface area contributed by atoms with Crippen molar-refractivity contribution in [3.8, 4) is 5.75 Å². The lowest BCUT2D eigenvalue weighted by Gasteiger charge is -2.02. The quantitative estimate of drug-likeness (QED) is 0.389. The van der Waals surface area contributed by atoms with Gasteiger partial charge in [-0.15, -0.1) is 0 Å². The van der Waals surface area contributed by atoms with Crippen LogP contribution in [0.1, 0.15) is 12.5 Å². The molecule has 132 valence electrons. The predicted octanol–water partition coefficient (Wildman–Crippen LogP) is 5.77. The predicted molar refractivity (Wildman–Crippen MR) is 109 cm³/mol. The summed E-state index contributed by atoms with van der Waals surface area (Å²) in [4.78, 5) is 20.3. The van der Waals surface area contributed by atoms with E-state index in [2.05, 4.69) is 16.6 Å². The van der Waals surface area contributed by atoms with Gasteiger partial charge in [-0.25, -0.2) is 0 Å². The number of phenolic OH excluding ortho intramolecular Hbond substituents is 1. The second kappa shape index (κ2) is 9.13. The topological polar surface area (TPSA) is 62.0 Å². The number of hydrogen-bond acceptors (Lipinski definition) is 4. The van der Waals surface area contributed by atoms with E-state index in [1.54, 1.807) is 30.3 Å². The van der Waals surface area contributed by atoms with Crippen molar-refractivity contribution in [3.05, 3.63) is 76.3 Å². The summed E-state index contributed by atoms with van der Waals surface area (Å²) in [6.45, 7) is 4.97. The van der Waals surface area contributed by atoms with Crippen molar-refractivity contribution in [2.45, 2.75) is 6.92 Å². The number of carbonyl (C=O) groups is 1. The molecule has 1 N–H and O–H groups in total. The van der Waals surface area contributed by atoms with Gasteiger partial charge < -0.3 is 5.11 Å². The zero-order valence-corrected chi connectivity index (χ0v) is 15.5. The second-order valence-electron chi connectivity index (χ2n) is 5.31. The molecule has 0 aliphatic carbocycles. The van der Waals surface area contributed by atoms with Gasteiger partial charge in [0, 0.05) is 33.6 Å². The molecule has 26 heavy (non-hydrogen) atoms. The van der Waals surface area contributed by atoms with Crippen LogP contribution in [0.3, 0.4) is 0 Å². The fourth-order valence-electron chi connectivity index (χ4n) is 1.99. The Morgan fingerprint density at radius 3 is 2.42 bits per heavy atom. The van der Waals surface area contributed by atoms with Crippen LogP contribution in [0, 0.1) is 0 Å². The number of carbonyl (C=O) groups excluding carboxylic acids is 1. The SMILES string of the molecule is C=C(Cl)/C=C(/C=Nc1ccccc1N=Cc1cc(Cl)ccc1O)C(C)=O. The van der Waals surface area contributed by atoms with E-state index in [9.17, 15) is 9.90 Å². The maximum Gasteiger partial charge on any atom is 0.161 e. The summed E-state index contributed by atoms with van der Waals surface area (Å²) < 4.78 is 0. The first-order valence-electron chi connectivity index (χ1n) is 7.59. The number of para-hydroxylation sites is 2. The van der Waals surface area contributed by atoms with Gasteiger partial charge in [0.05, 0.1) is 11.4 Å². The lowest BCUT2D eigenvalue weighted by Crippen LogP contribution is -1.97. The molecule has 0 saturated carbocycles. The summed E-state index contributed by atoms with van der Waals surface area (Å²) in [5.41, 5.74) is 1.93. The third-order valence-corrected chi connectivity index (χ3v) is 3.62. The standard InChI is InChI=1S/C20H16Cl2N2O2/c1-13(21)9-15(14(2)25)11-23-18-5-3-4-6-19(18)24-12-16-10-17(22)7-8-20(16)26/h3-12,26H,1H2,2H3/b15-9-,23-11?,24-12?. The van der Waals surface area contributed by atoms with Crippen LogP contribution in [0.4, 0.5) is 11.4 Å². The normalized spacial score (nSPS) is 12.0. The van der Waals surface area contributed by atoms with Gasteiger partial charge in [-0.3, -0.25) is 14.8 Å². The average molecular weight is 387 g/mol. The van der Waals surface area contributed by atoms with Gasteiger partial charge >= 0.3 is 0 Å². The summed E-state index contributed by atoms with van der Waals surface area (Å²) in [5, 5.41) is 10.6. The largest absolute Gasteiger partial charge is 0.507 e. The zero-order valence-electron chi connectivity index (χ0n) is 14.0. The Morgan fingerprint density at radius 1 is 1.15 bits per heavy atom. The molecule has 0 heterocycles. The van der Waals surface area contributed by atoms with Crippen LogP contribution in [-0.4, -0.2) is 23.3 Å². The van der Waals surface area contributed by atoms with Gasteiger partial charge in [0.25, 0.3) is 0 Å². The monoisotopic (exact) mass is 386 g/mol. The van der Waals surface area contributed by atoms with Crippen LogP contribution in [0.5, 0.6) is 5.75 Å². The van der Waals surface area contributed by atoms with Crippen molar-refractivity contribution in [1.82, 2.24) is 0 Å². The van der Waals surface area contributed by atoms with E-state index in [0.717, 1.165) is 0 Å². The molecule has 0 bridgehead atoms. The number of nitrogens with zero attached hydrogens (tertiary/aromatic N) is 2. The van der Waals surface area contributed by atoms with E-state index in [1.807, 2.05) is 6.07 Å². The second-order valence-corrected chi connectivity index (χ2v) is 6.23. The molecule has 0 unspecified atom stereocenters. The van der Waals surface area contributed by atoms with Crippen molar-refractivity contribution in [2.75, 3.05) is 0 Å². The van der Waals surface area contributed by atoms with Crippen LogP contribution >= 0.6 is 23.2 Å². The summed E-state index contributed by atoms with van der Waals surface area (Å²) in [7, 11) is 0. The van der Waals surface area contributed by atoms with E-state index in [-0.39, 0.29) is 16.6 Å². The highest BCUT2D eigenvalue weighted by Crippen LogP contribution is 2.28. The van der Waals surface area contributed by atoms with Crippen molar-refractivity contribution in [1.29, 1.82) is 0 Å². The molecule has 6 heteroatoms. The molecule has 0 aliphatic rings. The molecule has 2 aromatic carbocycles. The van der Waals surface area contributed by atoms with Crippen molar-refractivity contribution in [2.24, 2.45) is 9.98 Å². The van der Waals surface area contributed by atoms with E-state index in [1.165, 1.54) is 31.5 Å². The first-order valence-corrected chi connectivity index (χ1v) is 8.35. The first-order chi connectivity index (χ1) is 12.4. The lowest BCUT2D eigenvalue weighted by atomic mass is 10.2. The number of aliphatic imine (C=N–C) groups is 2. The Bertz CT molecular complexity index is 931. The number of phenols is 1. The number of halogens is 2. The number of ketones is 1. The Hall–Kier alpha value is -2.69. The van der Waals surface area contributed by atoms with Gasteiger partial charge in [0.15, 0.2) is 5.78 Å². The lowest BCUT2D eigenvalue weighted by molar-refractivity contribution is -0.113. The molecule has 2 rings (SSSR count). The van der Waals surface area contributed by atoms with Crippen LogP contribution in [0.25, 0.3) is 0 Å². The fraction of sp³-hybridized carbons (Fsp3) is 0.0500. The average Bonchev–Trinajstić information content (AvgIpc) is 2.59. The molecular weight excluding hydrogens is 371 g/mol. The molecule has 0 fully saturated rings. The number of rotatable bonds is 6.